The fourth-order valence-corrected chi connectivity index (χ4v) is 1.22. The normalized spacial score (nSPS) is 11.3. The molecule has 1 aromatic rings. The minimum atomic E-state index is -5.01. The molecule has 0 atom stereocenters. The number of phenols is 1. The van der Waals surface area contributed by atoms with Crippen molar-refractivity contribution in [1.29, 1.82) is 0 Å². The molecule has 4 nitrogen and oxygen atoms in total. The molecule has 0 spiro atoms. The SMILES string of the molecule is NCCCOc1ccc(C(=O)C(F)(F)F)c(O)c1. The van der Waals surface area contributed by atoms with Gasteiger partial charge < -0.3 is 15.6 Å². The van der Waals surface area contributed by atoms with Gasteiger partial charge in [0, 0.05) is 6.07 Å². The van der Waals surface area contributed by atoms with E-state index in [4.69, 9.17) is 10.5 Å². The second-order valence-corrected chi connectivity index (χ2v) is 3.50. The molecule has 0 aliphatic carbocycles. The lowest BCUT2D eigenvalue weighted by Crippen LogP contribution is -2.22. The highest BCUT2D eigenvalue weighted by Crippen LogP contribution is 2.29. The van der Waals surface area contributed by atoms with Gasteiger partial charge in [0.1, 0.15) is 11.5 Å². The van der Waals surface area contributed by atoms with Gasteiger partial charge in [-0.1, -0.05) is 0 Å². The average Bonchev–Trinajstić information content (AvgIpc) is 2.27. The number of hydrogen-bond donors (Lipinski definition) is 2. The Labute approximate surface area is 101 Å². The number of Topliss-reactive ketones (excluding diaryl/α,β-unsaturated/α-hetero) is 1. The van der Waals surface area contributed by atoms with Gasteiger partial charge in [0.05, 0.1) is 12.2 Å². The van der Waals surface area contributed by atoms with Crippen molar-refractivity contribution in [3.63, 3.8) is 0 Å². The molecule has 0 amide bonds. The Kier molecular flexibility index (Phi) is 4.55. The highest BCUT2D eigenvalue weighted by Gasteiger charge is 2.40. The van der Waals surface area contributed by atoms with Crippen molar-refractivity contribution in [1.82, 2.24) is 0 Å². The van der Waals surface area contributed by atoms with E-state index in [1.165, 1.54) is 6.07 Å². The number of nitrogens with two attached hydrogens (primary N) is 1. The van der Waals surface area contributed by atoms with Crippen LogP contribution in [0.4, 0.5) is 13.2 Å². The molecular weight excluding hydrogens is 251 g/mol. The third-order valence-corrected chi connectivity index (χ3v) is 2.09. The number of alkyl halides is 3. The van der Waals surface area contributed by atoms with Crippen LogP contribution in [0.5, 0.6) is 11.5 Å². The fraction of sp³-hybridized carbons (Fsp3) is 0.364. The maximum atomic E-state index is 12.2. The lowest BCUT2D eigenvalue weighted by molar-refractivity contribution is -0.0886. The van der Waals surface area contributed by atoms with E-state index in [-0.39, 0.29) is 12.4 Å². The zero-order valence-corrected chi connectivity index (χ0v) is 9.33. The summed E-state index contributed by atoms with van der Waals surface area (Å²) >= 11 is 0. The van der Waals surface area contributed by atoms with E-state index in [2.05, 4.69) is 0 Å². The van der Waals surface area contributed by atoms with Gasteiger partial charge in [-0.15, -0.1) is 0 Å². The van der Waals surface area contributed by atoms with Crippen molar-refractivity contribution in [2.24, 2.45) is 5.73 Å². The molecule has 0 heterocycles. The Bertz CT molecular complexity index is 432. The predicted molar refractivity (Wildman–Crippen MR) is 57.7 cm³/mol. The van der Waals surface area contributed by atoms with Gasteiger partial charge in [0.25, 0.3) is 5.78 Å². The van der Waals surface area contributed by atoms with Crippen LogP contribution in [0, 0.1) is 0 Å². The van der Waals surface area contributed by atoms with Crippen LogP contribution in [0.1, 0.15) is 16.8 Å². The standard InChI is InChI=1S/C11H12F3NO3/c12-11(13,14)10(17)8-3-2-7(6-9(8)16)18-5-1-4-15/h2-3,6,16H,1,4-5,15H2. The van der Waals surface area contributed by atoms with Crippen LogP contribution >= 0.6 is 0 Å². The molecule has 0 fully saturated rings. The number of rotatable bonds is 5. The van der Waals surface area contributed by atoms with Crippen LogP contribution < -0.4 is 10.5 Å². The third-order valence-electron chi connectivity index (χ3n) is 2.09. The van der Waals surface area contributed by atoms with Gasteiger partial charge >= 0.3 is 6.18 Å². The van der Waals surface area contributed by atoms with Crippen molar-refractivity contribution < 1.29 is 27.8 Å². The molecule has 0 radical (unpaired) electrons. The van der Waals surface area contributed by atoms with E-state index < -0.39 is 23.3 Å². The smallest absolute Gasteiger partial charge is 0.455 e. The molecule has 100 valence electrons. The summed E-state index contributed by atoms with van der Waals surface area (Å²) in [7, 11) is 0. The van der Waals surface area contributed by atoms with Gasteiger partial charge in [0.15, 0.2) is 0 Å². The fourth-order valence-electron chi connectivity index (χ4n) is 1.22. The van der Waals surface area contributed by atoms with Crippen LogP contribution in [0.3, 0.4) is 0 Å². The molecule has 0 saturated heterocycles. The van der Waals surface area contributed by atoms with Crippen LogP contribution in [-0.4, -0.2) is 30.2 Å². The lowest BCUT2D eigenvalue weighted by atomic mass is 10.1. The van der Waals surface area contributed by atoms with Crippen LogP contribution in [0.25, 0.3) is 0 Å². The second kappa shape index (κ2) is 5.72. The Hall–Kier alpha value is -1.76. The minimum absolute atomic E-state index is 0.180. The Morgan fingerprint density at radius 1 is 1.39 bits per heavy atom. The first-order valence-corrected chi connectivity index (χ1v) is 5.13. The van der Waals surface area contributed by atoms with Crippen LogP contribution in [0.2, 0.25) is 0 Å². The monoisotopic (exact) mass is 263 g/mol. The van der Waals surface area contributed by atoms with Crippen molar-refractivity contribution in [3.05, 3.63) is 23.8 Å². The molecule has 3 N–H and O–H groups in total. The molecule has 0 aliphatic heterocycles. The van der Waals surface area contributed by atoms with Gasteiger partial charge in [-0.25, -0.2) is 0 Å². The van der Waals surface area contributed by atoms with Crippen molar-refractivity contribution in [2.75, 3.05) is 13.2 Å². The van der Waals surface area contributed by atoms with Crippen molar-refractivity contribution >= 4 is 5.78 Å². The van der Waals surface area contributed by atoms with Crippen LogP contribution in [-0.2, 0) is 0 Å². The van der Waals surface area contributed by atoms with Crippen molar-refractivity contribution in [2.45, 2.75) is 12.6 Å². The molecule has 0 aliphatic rings. The number of carbonyl (C=O) groups excluding carboxylic acids is 1. The summed E-state index contributed by atoms with van der Waals surface area (Å²) in [6.07, 6.45) is -4.44. The minimum Gasteiger partial charge on any atom is -0.507 e. The highest BCUT2D eigenvalue weighted by atomic mass is 19.4. The first-order chi connectivity index (χ1) is 8.36. The summed E-state index contributed by atoms with van der Waals surface area (Å²) in [5.41, 5.74) is 4.44. The average molecular weight is 263 g/mol. The largest absolute Gasteiger partial charge is 0.507 e. The summed E-state index contributed by atoms with van der Waals surface area (Å²) in [5, 5.41) is 9.36. The molecular formula is C11H12F3NO3. The maximum Gasteiger partial charge on any atom is 0.455 e. The molecule has 1 aromatic carbocycles. The molecule has 0 aromatic heterocycles. The maximum absolute atomic E-state index is 12.2. The van der Waals surface area contributed by atoms with E-state index >= 15 is 0 Å². The lowest BCUT2D eigenvalue weighted by Gasteiger charge is -2.09. The number of benzene rings is 1. The molecule has 0 saturated carbocycles. The van der Waals surface area contributed by atoms with Gasteiger partial charge in [-0.3, -0.25) is 4.79 Å². The summed E-state index contributed by atoms with van der Waals surface area (Å²) in [4.78, 5) is 10.9. The molecule has 18 heavy (non-hydrogen) atoms. The van der Waals surface area contributed by atoms with E-state index in [0.29, 0.717) is 13.0 Å². The van der Waals surface area contributed by atoms with Crippen LogP contribution in [0.15, 0.2) is 18.2 Å². The van der Waals surface area contributed by atoms with E-state index in [1.54, 1.807) is 0 Å². The number of ether oxygens (including phenoxy) is 1. The van der Waals surface area contributed by atoms with E-state index in [9.17, 15) is 23.1 Å². The Balaban J connectivity index is 2.83. The number of halogens is 3. The molecule has 0 bridgehead atoms. The Morgan fingerprint density at radius 2 is 2.06 bits per heavy atom. The zero-order chi connectivity index (χ0) is 13.8. The van der Waals surface area contributed by atoms with Crippen molar-refractivity contribution in [3.8, 4) is 11.5 Å². The van der Waals surface area contributed by atoms with Gasteiger partial charge in [-0.2, -0.15) is 13.2 Å². The van der Waals surface area contributed by atoms with Gasteiger partial charge in [-0.05, 0) is 25.1 Å². The first-order valence-electron chi connectivity index (χ1n) is 5.13. The van der Waals surface area contributed by atoms with E-state index in [0.717, 1.165) is 12.1 Å². The Morgan fingerprint density at radius 3 is 2.56 bits per heavy atom. The predicted octanol–water partition coefficient (Wildman–Crippen LogP) is 1.86. The third kappa shape index (κ3) is 3.63. The van der Waals surface area contributed by atoms with Gasteiger partial charge in [0.2, 0.25) is 0 Å². The number of phenolic OH excluding ortho intramolecular Hbond substituents is 1. The first kappa shape index (κ1) is 14.3. The quantitative estimate of drug-likeness (QED) is 0.628. The number of hydrogen-bond acceptors (Lipinski definition) is 4. The second-order valence-electron chi connectivity index (χ2n) is 3.50. The molecule has 1 rings (SSSR count). The molecule has 0 unspecified atom stereocenters. The zero-order valence-electron chi connectivity index (χ0n) is 9.33. The van der Waals surface area contributed by atoms with E-state index in [1.807, 2.05) is 0 Å². The number of carbonyl (C=O) groups is 1. The summed E-state index contributed by atoms with van der Waals surface area (Å²) < 4.78 is 41.6. The summed E-state index contributed by atoms with van der Waals surface area (Å²) in [6.45, 7) is 0.694. The molecule has 7 heteroatoms. The topological polar surface area (TPSA) is 72.5 Å². The summed E-state index contributed by atoms with van der Waals surface area (Å²) in [5.74, 6) is -2.67. The number of aromatic hydroxyl groups is 1. The highest BCUT2D eigenvalue weighted by molar-refractivity contribution is 6.02. The summed E-state index contributed by atoms with van der Waals surface area (Å²) in [6, 6.07) is 3.04. The number of ketones is 1.